The van der Waals surface area contributed by atoms with Crippen LogP contribution in [0.3, 0.4) is 0 Å². The van der Waals surface area contributed by atoms with Crippen LogP contribution in [0, 0.1) is 0 Å². The lowest BCUT2D eigenvalue weighted by Gasteiger charge is -2.03. The zero-order valence-electron chi connectivity index (χ0n) is 10.9. The molecule has 1 heterocycles. The van der Waals surface area contributed by atoms with E-state index in [0.717, 1.165) is 18.8 Å². The fraction of sp³-hybridized carbons (Fsp3) is 0.600. The molecule has 0 atom stereocenters. The second kappa shape index (κ2) is 7.32. The lowest BCUT2D eigenvalue weighted by atomic mass is 10.0. The van der Waals surface area contributed by atoms with Crippen molar-refractivity contribution in [2.45, 2.75) is 52.9 Å². The molecule has 0 unspecified atom stereocenters. The molecule has 0 bridgehead atoms. The molecule has 0 saturated carbocycles. The zero-order chi connectivity index (χ0) is 11.8. The van der Waals surface area contributed by atoms with E-state index in [1.807, 2.05) is 13.8 Å². The Kier molecular flexibility index (Phi) is 5.99. The van der Waals surface area contributed by atoms with Crippen LogP contribution in [0.25, 0.3) is 0 Å². The minimum atomic E-state index is 0.869. The fourth-order valence-corrected chi connectivity index (χ4v) is 1.97. The molecule has 16 heavy (non-hydrogen) atoms. The van der Waals surface area contributed by atoms with Crippen LogP contribution in [0.1, 0.15) is 51.2 Å². The number of unbranched alkanes of at least 4 members (excludes halogenated alkanes) is 2. The first-order valence-electron chi connectivity index (χ1n) is 6.65. The minimum absolute atomic E-state index is 0.869. The van der Waals surface area contributed by atoms with Gasteiger partial charge in [0, 0.05) is 6.42 Å². The van der Waals surface area contributed by atoms with Gasteiger partial charge >= 0.3 is 0 Å². The lowest BCUT2D eigenvalue weighted by Crippen LogP contribution is -1.87. The summed E-state index contributed by atoms with van der Waals surface area (Å²) in [6.07, 6.45) is 6.27. The SMILES string of the molecule is CC.CCCCCc1ccc2c(c1)CCO2. The van der Waals surface area contributed by atoms with Crippen molar-refractivity contribution >= 4 is 0 Å². The van der Waals surface area contributed by atoms with E-state index in [2.05, 4.69) is 25.1 Å². The average Bonchev–Trinajstić information content (AvgIpc) is 2.79. The summed E-state index contributed by atoms with van der Waals surface area (Å²) in [7, 11) is 0. The number of benzene rings is 1. The highest BCUT2D eigenvalue weighted by Gasteiger charge is 2.11. The Bertz CT molecular complexity index is 304. The van der Waals surface area contributed by atoms with Crippen LogP contribution in [0.2, 0.25) is 0 Å². The molecule has 1 nitrogen and oxygen atoms in total. The van der Waals surface area contributed by atoms with Crippen LogP contribution in [0.5, 0.6) is 5.75 Å². The Labute approximate surface area is 99.8 Å². The van der Waals surface area contributed by atoms with Crippen LogP contribution >= 0.6 is 0 Å². The van der Waals surface area contributed by atoms with E-state index in [1.165, 1.54) is 36.8 Å². The standard InChI is InChI=1S/C13H18O.C2H6/c1-2-3-4-5-11-6-7-13-12(10-11)8-9-14-13;1-2/h6-7,10H,2-5,8-9H2,1H3;1-2H3. The maximum atomic E-state index is 5.48. The van der Waals surface area contributed by atoms with Crippen LogP contribution in [0.15, 0.2) is 18.2 Å². The molecular formula is C15H24O. The summed E-state index contributed by atoms with van der Waals surface area (Å²) < 4.78 is 5.48. The van der Waals surface area contributed by atoms with Gasteiger partial charge in [0.1, 0.15) is 5.75 Å². The van der Waals surface area contributed by atoms with E-state index < -0.39 is 0 Å². The molecular weight excluding hydrogens is 196 g/mol. The van der Waals surface area contributed by atoms with E-state index in [-0.39, 0.29) is 0 Å². The van der Waals surface area contributed by atoms with Crippen molar-refractivity contribution in [1.82, 2.24) is 0 Å². The summed E-state index contributed by atoms with van der Waals surface area (Å²) in [6.45, 7) is 7.12. The third-order valence-corrected chi connectivity index (χ3v) is 2.82. The first kappa shape index (κ1) is 13.1. The Balaban J connectivity index is 0.000000606. The molecule has 0 radical (unpaired) electrons. The van der Waals surface area contributed by atoms with Crippen molar-refractivity contribution < 1.29 is 4.74 Å². The van der Waals surface area contributed by atoms with E-state index in [0.29, 0.717) is 0 Å². The molecule has 2 rings (SSSR count). The third-order valence-electron chi connectivity index (χ3n) is 2.82. The molecule has 90 valence electrons. The molecule has 0 fully saturated rings. The number of hydrogen-bond acceptors (Lipinski definition) is 1. The summed E-state index contributed by atoms with van der Waals surface area (Å²) >= 11 is 0. The Morgan fingerprint density at radius 1 is 1.19 bits per heavy atom. The molecule has 0 amide bonds. The summed E-state index contributed by atoms with van der Waals surface area (Å²) in [5.74, 6) is 1.10. The van der Waals surface area contributed by atoms with Crippen molar-refractivity contribution in [3.8, 4) is 5.75 Å². The summed E-state index contributed by atoms with van der Waals surface area (Å²) in [4.78, 5) is 0. The Hall–Kier alpha value is -0.980. The van der Waals surface area contributed by atoms with Crippen LogP contribution in [-0.4, -0.2) is 6.61 Å². The third kappa shape index (κ3) is 3.55. The van der Waals surface area contributed by atoms with Gasteiger partial charge in [-0.05, 0) is 30.0 Å². The highest BCUT2D eigenvalue weighted by Crippen LogP contribution is 2.26. The van der Waals surface area contributed by atoms with Crippen molar-refractivity contribution in [1.29, 1.82) is 0 Å². The maximum absolute atomic E-state index is 5.48. The van der Waals surface area contributed by atoms with Crippen LogP contribution in [0.4, 0.5) is 0 Å². The normalized spacial score (nSPS) is 12.4. The van der Waals surface area contributed by atoms with E-state index in [4.69, 9.17) is 4.74 Å². The highest BCUT2D eigenvalue weighted by atomic mass is 16.5. The van der Waals surface area contributed by atoms with Gasteiger partial charge in [0.05, 0.1) is 6.61 Å². The predicted octanol–water partition coefficient (Wildman–Crippen LogP) is 4.38. The van der Waals surface area contributed by atoms with Crippen LogP contribution < -0.4 is 4.74 Å². The largest absolute Gasteiger partial charge is 0.493 e. The number of rotatable bonds is 4. The van der Waals surface area contributed by atoms with Gasteiger partial charge in [-0.1, -0.05) is 45.7 Å². The summed E-state index contributed by atoms with van der Waals surface area (Å²) in [5.41, 5.74) is 2.88. The number of fused-ring (bicyclic) bond motifs is 1. The molecule has 0 aromatic heterocycles. The molecule has 1 aromatic rings. The predicted molar refractivity (Wildman–Crippen MR) is 70.2 cm³/mol. The van der Waals surface area contributed by atoms with E-state index in [9.17, 15) is 0 Å². The molecule has 0 saturated heterocycles. The van der Waals surface area contributed by atoms with Crippen molar-refractivity contribution in [2.24, 2.45) is 0 Å². The topological polar surface area (TPSA) is 9.23 Å². The van der Waals surface area contributed by atoms with Gasteiger partial charge in [-0.2, -0.15) is 0 Å². The molecule has 1 aromatic carbocycles. The number of ether oxygens (including phenoxy) is 1. The average molecular weight is 220 g/mol. The molecule has 1 aliphatic heterocycles. The monoisotopic (exact) mass is 220 g/mol. The van der Waals surface area contributed by atoms with Gasteiger partial charge < -0.3 is 4.74 Å². The molecule has 0 N–H and O–H groups in total. The quantitative estimate of drug-likeness (QED) is 0.684. The first-order valence-corrected chi connectivity index (χ1v) is 6.65. The Morgan fingerprint density at radius 2 is 2.00 bits per heavy atom. The van der Waals surface area contributed by atoms with Gasteiger partial charge in [0.2, 0.25) is 0 Å². The van der Waals surface area contributed by atoms with Gasteiger partial charge in [-0.15, -0.1) is 0 Å². The summed E-state index contributed by atoms with van der Waals surface area (Å²) in [6, 6.07) is 6.65. The van der Waals surface area contributed by atoms with Gasteiger partial charge in [0.15, 0.2) is 0 Å². The second-order valence-electron chi connectivity index (χ2n) is 4.00. The molecule has 1 aliphatic rings. The van der Waals surface area contributed by atoms with Crippen LogP contribution in [-0.2, 0) is 12.8 Å². The maximum Gasteiger partial charge on any atom is 0.122 e. The molecule has 0 spiro atoms. The molecule has 1 heteroatoms. The van der Waals surface area contributed by atoms with Gasteiger partial charge in [-0.3, -0.25) is 0 Å². The summed E-state index contributed by atoms with van der Waals surface area (Å²) in [5, 5.41) is 0. The van der Waals surface area contributed by atoms with E-state index >= 15 is 0 Å². The van der Waals surface area contributed by atoms with Gasteiger partial charge in [-0.25, -0.2) is 0 Å². The zero-order valence-corrected chi connectivity index (χ0v) is 10.9. The van der Waals surface area contributed by atoms with Crippen molar-refractivity contribution in [3.05, 3.63) is 29.3 Å². The minimum Gasteiger partial charge on any atom is -0.493 e. The van der Waals surface area contributed by atoms with Crippen molar-refractivity contribution in [2.75, 3.05) is 6.61 Å². The number of aryl methyl sites for hydroxylation is 1. The highest BCUT2D eigenvalue weighted by molar-refractivity contribution is 5.39. The van der Waals surface area contributed by atoms with E-state index in [1.54, 1.807) is 0 Å². The Morgan fingerprint density at radius 3 is 2.75 bits per heavy atom. The lowest BCUT2D eigenvalue weighted by molar-refractivity contribution is 0.357. The molecule has 0 aliphatic carbocycles. The second-order valence-corrected chi connectivity index (χ2v) is 4.00. The number of hydrogen-bond donors (Lipinski definition) is 0. The van der Waals surface area contributed by atoms with Crippen molar-refractivity contribution in [3.63, 3.8) is 0 Å². The first-order chi connectivity index (χ1) is 7.90. The van der Waals surface area contributed by atoms with Gasteiger partial charge in [0.25, 0.3) is 0 Å². The fourth-order valence-electron chi connectivity index (χ4n) is 1.97. The smallest absolute Gasteiger partial charge is 0.122 e.